The van der Waals surface area contributed by atoms with Crippen LogP contribution in [0.25, 0.3) is 11.0 Å². The summed E-state index contributed by atoms with van der Waals surface area (Å²) >= 11 is 1.19. The van der Waals surface area contributed by atoms with E-state index >= 15 is 0 Å². The molecule has 2 aromatic heterocycles. The maximum Gasteiger partial charge on any atom is 0.234 e. The molecule has 0 atom stereocenters. The number of aromatic amines is 1. The number of nitrogens with zero attached hydrogens (tertiary/aromatic N) is 3. The monoisotopic (exact) mass is 401 g/mol. The van der Waals surface area contributed by atoms with Crippen LogP contribution in [0.5, 0.6) is 5.75 Å². The van der Waals surface area contributed by atoms with Crippen molar-refractivity contribution in [3.8, 4) is 11.8 Å². The highest BCUT2D eigenvalue weighted by atomic mass is 32.2. The number of nitrogens with one attached hydrogen (secondary N) is 2. The Hall–Kier alpha value is -3.16. The number of nitriles is 1. The van der Waals surface area contributed by atoms with E-state index in [1.54, 1.807) is 6.92 Å². The first-order valence-electron chi connectivity index (χ1n) is 8.23. The van der Waals surface area contributed by atoms with Crippen LogP contribution in [0, 0.1) is 24.1 Å². The lowest BCUT2D eigenvalue weighted by atomic mass is 10.2. The number of rotatable bonds is 7. The van der Waals surface area contributed by atoms with Gasteiger partial charge in [0.1, 0.15) is 18.4 Å². The van der Waals surface area contributed by atoms with Crippen molar-refractivity contribution in [3.05, 3.63) is 41.5 Å². The van der Waals surface area contributed by atoms with Gasteiger partial charge < -0.3 is 20.1 Å². The van der Waals surface area contributed by atoms with Crippen molar-refractivity contribution in [2.75, 3.05) is 24.3 Å². The lowest BCUT2D eigenvalue weighted by Crippen LogP contribution is -2.14. The number of aliphatic hydroxyl groups is 1. The zero-order valence-electron chi connectivity index (χ0n) is 14.8. The summed E-state index contributed by atoms with van der Waals surface area (Å²) in [5.41, 5.74) is 2.68. The zero-order chi connectivity index (χ0) is 20.1. The predicted octanol–water partition coefficient (Wildman–Crippen LogP) is 2.38. The number of ether oxygens (including phenoxy) is 1. The Labute approximate surface area is 163 Å². The van der Waals surface area contributed by atoms with E-state index in [9.17, 15) is 9.18 Å². The van der Waals surface area contributed by atoms with E-state index in [-0.39, 0.29) is 30.6 Å². The van der Waals surface area contributed by atoms with Gasteiger partial charge in [0.15, 0.2) is 16.7 Å². The number of imidazole rings is 1. The molecule has 0 radical (unpaired) electrons. The molecule has 2 heterocycles. The average Bonchev–Trinajstić information content (AvgIpc) is 3.11. The van der Waals surface area contributed by atoms with Crippen molar-refractivity contribution in [1.29, 1.82) is 5.26 Å². The van der Waals surface area contributed by atoms with Crippen LogP contribution in [-0.4, -0.2) is 44.9 Å². The van der Waals surface area contributed by atoms with Gasteiger partial charge in [0.25, 0.3) is 0 Å². The lowest BCUT2D eigenvalue weighted by Gasteiger charge is -2.09. The van der Waals surface area contributed by atoms with Crippen LogP contribution in [0.2, 0.25) is 0 Å². The van der Waals surface area contributed by atoms with Gasteiger partial charge in [-0.2, -0.15) is 5.26 Å². The molecule has 1 amide bonds. The molecule has 0 saturated heterocycles. The fraction of sp³-hybridized carbons (Fsp3) is 0.222. The second-order valence-electron chi connectivity index (χ2n) is 5.70. The van der Waals surface area contributed by atoms with E-state index in [0.717, 1.165) is 0 Å². The van der Waals surface area contributed by atoms with Gasteiger partial charge in [0, 0.05) is 17.3 Å². The van der Waals surface area contributed by atoms with Crippen LogP contribution in [-0.2, 0) is 4.79 Å². The summed E-state index contributed by atoms with van der Waals surface area (Å²) in [6.07, 6.45) is 1.53. The Morgan fingerprint density at radius 1 is 1.50 bits per heavy atom. The summed E-state index contributed by atoms with van der Waals surface area (Å²) in [5, 5.41) is 21.0. The lowest BCUT2D eigenvalue weighted by molar-refractivity contribution is -0.113. The Morgan fingerprint density at radius 2 is 2.32 bits per heavy atom. The molecule has 0 saturated carbocycles. The minimum Gasteiger partial charge on any atom is -0.488 e. The van der Waals surface area contributed by atoms with E-state index in [4.69, 9.17) is 15.1 Å². The van der Waals surface area contributed by atoms with Crippen molar-refractivity contribution in [3.63, 3.8) is 0 Å². The summed E-state index contributed by atoms with van der Waals surface area (Å²) < 4.78 is 18.7. The third-order valence-corrected chi connectivity index (χ3v) is 4.63. The number of carbonyl (C=O) groups is 1. The number of hydrogen-bond acceptors (Lipinski definition) is 7. The van der Waals surface area contributed by atoms with Gasteiger partial charge in [0.2, 0.25) is 5.91 Å². The predicted molar refractivity (Wildman–Crippen MR) is 102 cm³/mol. The Balaban J connectivity index is 1.64. The number of anilines is 1. The number of hydrogen-bond donors (Lipinski definition) is 3. The summed E-state index contributed by atoms with van der Waals surface area (Å²) in [7, 11) is 0. The van der Waals surface area contributed by atoms with Gasteiger partial charge >= 0.3 is 0 Å². The molecule has 0 aliphatic carbocycles. The first-order valence-corrected chi connectivity index (χ1v) is 9.21. The van der Waals surface area contributed by atoms with Crippen LogP contribution >= 0.6 is 11.8 Å². The minimum atomic E-state index is -0.580. The quantitative estimate of drug-likeness (QED) is 0.519. The van der Waals surface area contributed by atoms with Crippen molar-refractivity contribution in [2.24, 2.45) is 0 Å². The normalized spacial score (nSPS) is 10.6. The van der Waals surface area contributed by atoms with Crippen molar-refractivity contribution in [2.45, 2.75) is 12.1 Å². The standard InChI is InChI=1S/C18H16FN5O3S/c1-10-13(7-20)21-8-14-17(10)24-18(23-14)28-9-16(26)22-11-2-3-12(19)15(6-11)27-5-4-25/h2-3,6,8,25H,4-5,9H2,1H3,(H,22,26)(H,23,24). The molecule has 0 aliphatic heterocycles. The first kappa shape index (κ1) is 19.6. The third-order valence-electron chi connectivity index (χ3n) is 3.75. The van der Waals surface area contributed by atoms with Crippen molar-refractivity contribution in [1.82, 2.24) is 15.0 Å². The van der Waals surface area contributed by atoms with Gasteiger partial charge in [-0.25, -0.2) is 14.4 Å². The van der Waals surface area contributed by atoms with Gasteiger partial charge in [0.05, 0.1) is 29.6 Å². The summed E-state index contributed by atoms with van der Waals surface area (Å²) in [6, 6.07) is 5.96. The third kappa shape index (κ3) is 4.39. The number of aromatic nitrogens is 3. The molecule has 0 aliphatic rings. The Kier molecular flexibility index (Phi) is 6.08. The number of carbonyl (C=O) groups excluding carboxylic acids is 1. The largest absolute Gasteiger partial charge is 0.488 e. The number of fused-ring (bicyclic) bond motifs is 1. The highest BCUT2D eigenvalue weighted by molar-refractivity contribution is 7.99. The van der Waals surface area contributed by atoms with Crippen LogP contribution in [0.15, 0.2) is 29.6 Å². The highest BCUT2D eigenvalue weighted by Gasteiger charge is 2.12. The van der Waals surface area contributed by atoms with Crippen LogP contribution in [0.1, 0.15) is 11.3 Å². The van der Waals surface area contributed by atoms with Gasteiger partial charge in [-0.3, -0.25) is 4.79 Å². The van der Waals surface area contributed by atoms with E-state index in [2.05, 4.69) is 20.3 Å². The molecular formula is C18H16FN5O3S. The fourth-order valence-electron chi connectivity index (χ4n) is 2.44. The maximum atomic E-state index is 13.6. The number of thioether (sulfide) groups is 1. The first-order chi connectivity index (χ1) is 13.5. The number of aryl methyl sites for hydroxylation is 1. The highest BCUT2D eigenvalue weighted by Crippen LogP contribution is 2.24. The molecule has 10 heteroatoms. The van der Waals surface area contributed by atoms with Crippen LogP contribution in [0.4, 0.5) is 10.1 Å². The summed E-state index contributed by atoms with van der Waals surface area (Å²) in [6.45, 7) is 1.48. The van der Waals surface area contributed by atoms with Crippen LogP contribution < -0.4 is 10.1 Å². The topological polar surface area (TPSA) is 124 Å². The second kappa shape index (κ2) is 8.69. The molecule has 0 spiro atoms. The number of halogens is 1. The fourth-order valence-corrected chi connectivity index (χ4v) is 3.12. The van der Waals surface area contributed by atoms with Gasteiger partial charge in [-0.05, 0) is 19.1 Å². The second-order valence-corrected chi connectivity index (χ2v) is 6.67. The molecule has 3 aromatic rings. The molecule has 3 N–H and O–H groups in total. The van der Waals surface area contributed by atoms with E-state index in [1.807, 2.05) is 6.07 Å². The summed E-state index contributed by atoms with van der Waals surface area (Å²) in [5.74, 6) is -0.865. The molecule has 144 valence electrons. The number of aliphatic hydroxyl groups excluding tert-OH is 1. The van der Waals surface area contributed by atoms with Crippen molar-refractivity contribution < 1.29 is 19.0 Å². The Bertz CT molecular complexity index is 1060. The number of amides is 1. The molecule has 0 fully saturated rings. The number of benzene rings is 1. The van der Waals surface area contributed by atoms with Gasteiger partial charge in [-0.15, -0.1) is 0 Å². The molecule has 0 bridgehead atoms. The molecule has 28 heavy (non-hydrogen) atoms. The molecule has 0 unspecified atom stereocenters. The summed E-state index contributed by atoms with van der Waals surface area (Å²) in [4.78, 5) is 23.7. The molecule has 1 aromatic carbocycles. The van der Waals surface area contributed by atoms with E-state index in [0.29, 0.717) is 33.1 Å². The smallest absolute Gasteiger partial charge is 0.234 e. The zero-order valence-corrected chi connectivity index (χ0v) is 15.6. The minimum absolute atomic E-state index is 0.0436. The molecule has 3 rings (SSSR count). The number of pyridine rings is 1. The van der Waals surface area contributed by atoms with E-state index in [1.165, 1.54) is 36.2 Å². The molecule has 8 nitrogen and oxygen atoms in total. The Morgan fingerprint density at radius 3 is 3.07 bits per heavy atom. The van der Waals surface area contributed by atoms with Gasteiger partial charge in [-0.1, -0.05) is 11.8 Å². The van der Waals surface area contributed by atoms with Crippen molar-refractivity contribution >= 4 is 34.4 Å². The SMILES string of the molecule is Cc1c(C#N)ncc2[nH]c(SCC(=O)Nc3ccc(F)c(OCCO)c3)nc12. The maximum absolute atomic E-state index is 13.6. The average molecular weight is 401 g/mol. The molecular weight excluding hydrogens is 385 g/mol. The van der Waals surface area contributed by atoms with Crippen LogP contribution in [0.3, 0.4) is 0 Å². The van der Waals surface area contributed by atoms with E-state index < -0.39 is 5.82 Å². The number of H-pyrrole nitrogens is 1.